The highest BCUT2D eigenvalue weighted by molar-refractivity contribution is 5.78. The molecule has 1 aromatic rings. The Hall–Kier alpha value is -1.66. The van der Waals surface area contributed by atoms with Crippen LogP contribution in [0.5, 0.6) is 5.75 Å². The van der Waals surface area contributed by atoms with Crippen LogP contribution < -0.4 is 4.74 Å². The van der Waals surface area contributed by atoms with E-state index in [1.807, 2.05) is 45.0 Å². The number of aliphatic hydroxyl groups is 1. The van der Waals surface area contributed by atoms with Crippen LogP contribution in [0.4, 0.5) is 0 Å². The standard InChI is InChI=1S/C17H27N3O3/c1-5-14-15(7-6-13(2)18-14)23-10-16(21)20-9-8-17(22,12-20)11-19(3)4/h6-7,22H,5,8-12H2,1-4H3. The second-order valence-electron chi connectivity index (χ2n) is 6.57. The molecule has 1 saturated heterocycles. The number of rotatable bonds is 6. The van der Waals surface area contributed by atoms with Crippen molar-refractivity contribution >= 4 is 5.91 Å². The molecular weight excluding hydrogens is 294 g/mol. The number of carbonyl (C=O) groups excluding carboxylic acids is 1. The Morgan fingerprint density at radius 1 is 1.48 bits per heavy atom. The van der Waals surface area contributed by atoms with Crippen LogP contribution >= 0.6 is 0 Å². The zero-order chi connectivity index (χ0) is 17.0. The van der Waals surface area contributed by atoms with Gasteiger partial charge in [0, 0.05) is 18.8 Å². The molecule has 0 radical (unpaired) electrons. The number of hydrogen-bond acceptors (Lipinski definition) is 5. The Morgan fingerprint density at radius 2 is 2.22 bits per heavy atom. The molecule has 0 aromatic carbocycles. The zero-order valence-electron chi connectivity index (χ0n) is 14.5. The summed E-state index contributed by atoms with van der Waals surface area (Å²) in [7, 11) is 3.84. The van der Waals surface area contributed by atoms with Crippen LogP contribution in [0.3, 0.4) is 0 Å². The maximum Gasteiger partial charge on any atom is 0.260 e. The van der Waals surface area contributed by atoms with Crippen molar-refractivity contribution in [1.29, 1.82) is 0 Å². The first kappa shape index (κ1) is 17.7. The molecule has 1 aromatic heterocycles. The number of carbonyl (C=O) groups is 1. The lowest BCUT2D eigenvalue weighted by molar-refractivity contribution is -0.133. The molecule has 1 amide bonds. The molecule has 1 unspecified atom stereocenters. The Bertz CT molecular complexity index is 562. The van der Waals surface area contributed by atoms with Crippen LogP contribution in [-0.4, -0.2) is 71.7 Å². The molecule has 128 valence electrons. The number of amides is 1. The minimum atomic E-state index is -0.820. The molecule has 0 aliphatic carbocycles. The van der Waals surface area contributed by atoms with Crippen LogP contribution in [0.1, 0.15) is 24.7 Å². The number of nitrogens with zero attached hydrogens (tertiary/aromatic N) is 3. The molecule has 0 saturated carbocycles. The van der Waals surface area contributed by atoms with Crippen molar-refractivity contribution in [3.63, 3.8) is 0 Å². The maximum absolute atomic E-state index is 12.3. The van der Waals surface area contributed by atoms with Crippen molar-refractivity contribution in [2.45, 2.75) is 32.3 Å². The number of likely N-dealkylation sites (tertiary alicyclic amines) is 1. The van der Waals surface area contributed by atoms with Crippen molar-refractivity contribution in [3.05, 3.63) is 23.5 Å². The number of aromatic nitrogens is 1. The molecule has 2 heterocycles. The van der Waals surface area contributed by atoms with Crippen molar-refractivity contribution in [1.82, 2.24) is 14.8 Å². The lowest BCUT2D eigenvalue weighted by Crippen LogP contribution is -2.44. The van der Waals surface area contributed by atoms with Crippen LogP contribution in [0, 0.1) is 6.92 Å². The van der Waals surface area contributed by atoms with Gasteiger partial charge in [0.2, 0.25) is 0 Å². The summed E-state index contributed by atoms with van der Waals surface area (Å²) in [5.74, 6) is 0.566. The molecule has 23 heavy (non-hydrogen) atoms. The molecule has 6 heteroatoms. The van der Waals surface area contributed by atoms with Crippen LogP contribution in [0.25, 0.3) is 0 Å². The second-order valence-corrected chi connectivity index (χ2v) is 6.57. The molecule has 6 nitrogen and oxygen atoms in total. The predicted molar refractivity (Wildman–Crippen MR) is 88.5 cm³/mol. The third-order valence-corrected chi connectivity index (χ3v) is 4.05. The van der Waals surface area contributed by atoms with E-state index in [0.29, 0.717) is 31.8 Å². The number of hydrogen-bond donors (Lipinski definition) is 1. The van der Waals surface area contributed by atoms with E-state index < -0.39 is 5.60 Å². The minimum Gasteiger partial charge on any atom is -0.482 e. The third kappa shape index (κ3) is 4.65. The molecule has 1 aliphatic heterocycles. The van der Waals surface area contributed by atoms with E-state index in [2.05, 4.69) is 4.98 Å². The monoisotopic (exact) mass is 321 g/mol. The summed E-state index contributed by atoms with van der Waals surface area (Å²) in [5.41, 5.74) is 0.983. The smallest absolute Gasteiger partial charge is 0.260 e. The SMILES string of the molecule is CCc1nc(C)ccc1OCC(=O)N1CCC(O)(CN(C)C)C1. The van der Waals surface area contributed by atoms with Gasteiger partial charge >= 0.3 is 0 Å². The fourth-order valence-electron chi connectivity index (χ4n) is 3.00. The van der Waals surface area contributed by atoms with Gasteiger partial charge in [-0.3, -0.25) is 9.78 Å². The summed E-state index contributed by atoms with van der Waals surface area (Å²) >= 11 is 0. The number of aryl methyl sites for hydroxylation is 2. The third-order valence-electron chi connectivity index (χ3n) is 4.05. The van der Waals surface area contributed by atoms with Gasteiger partial charge in [-0.1, -0.05) is 6.92 Å². The molecule has 1 aliphatic rings. The van der Waals surface area contributed by atoms with Gasteiger partial charge in [-0.15, -0.1) is 0 Å². The molecule has 1 fully saturated rings. The molecule has 1 N–H and O–H groups in total. The fraction of sp³-hybridized carbons (Fsp3) is 0.647. The highest BCUT2D eigenvalue weighted by Gasteiger charge is 2.38. The predicted octanol–water partition coefficient (Wildman–Crippen LogP) is 0.856. The zero-order valence-corrected chi connectivity index (χ0v) is 14.5. The van der Waals surface area contributed by atoms with E-state index in [1.54, 1.807) is 4.90 Å². The Labute approximate surface area is 138 Å². The first-order chi connectivity index (χ1) is 10.8. The van der Waals surface area contributed by atoms with E-state index >= 15 is 0 Å². The number of likely N-dealkylation sites (N-methyl/N-ethyl adjacent to an activating group) is 1. The molecule has 1 atom stereocenters. The van der Waals surface area contributed by atoms with E-state index in [1.165, 1.54) is 0 Å². The summed E-state index contributed by atoms with van der Waals surface area (Å²) in [6.45, 7) is 5.41. The van der Waals surface area contributed by atoms with Crippen LogP contribution in [-0.2, 0) is 11.2 Å². The van der Waals surface area contributed by atoms with Gasteiger partial charge in [0.05, 0.1) is 17.8 Å². The molecule has 0 spiro atoms. The maximum atomic E-state index is 12.3. The normalized spacial score (nSPS) is 21.0. The van der Waals surface area contributed by atoms with Crippen molar-refractivity contribution in [2.75, 3.05) is 40.3 Å². The first-order valence-electron chi connectivity index (χ1n) is 8.07. The number of ether oxygens (including phenoxy) is 1. The average Bonchev–Trinajstić information content (AvgIpc) is 2.86. The second kappa shape index (κ2) is 7.27. The van der Waals surface area contributed by atoms with Gasteiger partial charge < -0.3 is 19.6 Å². The lowest BCUT2D eigenvalue weighted by atomic mass is 10.0. The quantitative estimate of drug-likeness (QED) is 0.842. The van der Waals surface area contributed by atoms with E-state index in [9.17, 15) is 9.90 Å². The van der Waals surface area contributed by atoms with E-state index in [4.69, 9.17) is 4.74 Å². The number of pyridine rings is 1. The first-order valence-corrected chi connectivity index (χ1v) is 8.07. The average molecular weight is 321 g/mol. The van der Waals surface area contributed by atoms with Gasteiger partial charge in [0.1, 0.15) is 5.75 Å². The van der Waals surface area contributed by atoms with Gasteiger partial charge in [-0.25, -0.2) is 0 Å². The van der Waals surface area contributed by atoms with Crippen molar-refractivity contribution < 1.29 is 14.6 Å². The lowest BCUT2D eigenvalue weighted by Gasteiger charge is -2.26. The van der Waals surface area contributed by atoms with Gasteiger partial charge in [0.15, 0.2) is 6.61 Å². The highest BCUT2D eigenvalue weighted by atomic mass is 16.5. The highest BCUT2D eigenvalue weighted by Crippen LogP contribution is 2.23. The van der Waals surface area contributed by atoms with Gasteiger partial charge in [-0.2, -0.15) is 0 Å². The summed E-state index contributed by atoms with van der Waals surface area (Å²) < 4.78 is 5.66. The molecule has 0 bridgehead atoms. The van der Waals surface area contributed by atoms with Crippen LogP contribution in [0.15, 0.2) is 12.1 Å². The minimum absolute atomic E-state index is 0.0181. The van der Waals surface area contributed by atoms with Crippen LogP contribution in [0.2, 0.25) is 0 Å². The Balaban J connectivity index is 1.91. The molecular formula is C17H27N3O3. The largest absolute Gasteiger partial charge is 0.482 e. The van der Waals surface area contributed by atoms with E-state index in [-0.39, 0.29) is 12.5 Å². The fourth-order valence-corrected chi connectivity index (χ4v) is 3.00. The van der Waals surface area contributed by atoms with Gasteiger partial charge in [0.25, 0.3) is 5.91 Å². The Morgan fingerprint density at radius 3 is 2.87 bits per heavy atom. The van der Waals surface area contributed by atoms with E-state index in [0.717, 1.165) is 17.8 Å². The van der Waals surface area contributed by atoms with Crippen molar-refractivity contribution in [3.8, 4) is 5.75 Å². The summed E-state index contributed by atoms with van der Waals surface area (Å²) in [4.78, 5) is 20.4. The summed E-state index contributed by atoms with van der Waals surface area (Å²) in [6.07, 6.45) is 1.36. The van der Waals surface area contributed by atoms with Gasteiger partial charge in [-0.05, 0) is 46.0 Å². The topological polar surface area (TPSA) is 65.9 Å². The Kier molecular flexibility index (Phi) is 5.59. The summed E-state index contributed by atoms with van der Waals surface area (Å²) in [5, 5.41) is 10.5. The van der Waals surface area contributed by atoms with Crippen molar-refractivity contribution in [2.24, 2.45) is 0 Å². The number of β-amino-alcohol motifs (C(OH)–C–C–N with tert-alkyl or cyclic N) is 1. The summed E-state index contributed by atoms with van der Waals surface area (Å²) in [6, 6.07) is 3.74. The molecule has 2 rings (SSSR count).